The highest BCUT2D eigenvalue weighted by atomic mass is 127. The Bertz CT molecular complexity index is 659. The quantitative estimate of drug-likeness (QED) is 0.235. The van der Waals surface area contributed by atoms with Crippen LogP contribution in [0.5, 0.6) is 5.75 Å². The Kier molecular flexibility index (Phi) is 8.43. The third-order valence-electron chi connectivity index (χ3n) is 5.54. The van der Waals surface area contributed by atoms with E-state index in [1.54, 1.807) is 0 Å². The van der Waals surface area contributed by atoms with Gasteiger partial charge in [0, 0.05) is 38.3 Å². The number of guanidine groups is 1. The Morgan fingerprint density at radius 1 is 1.25 bits per heavy atom. The molecule has 2 aliphatic rings. The first-order valence-corrected chi connectivity index (χ1v) is 10.4. The molecule has 0 aromatic heterocycles. The van der Waals surface area contributed by atoms with Crippen molar-refractivity contribution in [3.63, 3.8) is 0 Å². The molecule has 0 spiro atoms. The summed E-state index contributed by atoms with van der Waals surface area (Å²) in [5, 5.41) is 7.09. The molecule has 1 aromatic carbocycles. The van der Waals surface area contributed by atoms with Crippen molar-refractivity contribution in [3.8, 4) is 5.75 Å². The second kappa shape index (κ2) is 10.1. The van der Waals surface area contributed by atoms with Crippen molar-refractivity contribution >= 4 is 29.9 Å². The van der Waals surface area contributed by atoms with Crippen molar-refractivity contribution in [2.45, 2.75) is 65.0 Å². The molecule has 2 N–H and O–H groups in total. The Balaban J connectivity index is 0.00000280. The minimum atomic E-state index is -0.196. The van der Waals surface area contributed by atoms with E-state index in [0.717, 1.165) is 50.9 Å². The van der Waals surface area contributed by atoms with E-state index >= 15 is 0 Å². The lowest BCUT2D eigenvalue weighted by Crippen LogP contribution is -2.45. The fraction of sp³-hybridized carbons (Fsp3) is 0.682. The van der Waals surface area contributed by atoms with Crippen LogP contribution in [0.2, 0.25) is 0 Å². The zero-order valence-electron chi connectivity index (χ0n) is 17.7. The first-order chi connectivity index (χ1) is 13.0. The number of halogens is 1. The summed E-state index contributed by atoms with van der Waals surface area (Å²) in [7, 11) is 0. The number of nitrogens with zero attached hydrogens (tertiary/aromatic N) is 1. The average Bonchev–Trinajstić information content (AvgIpc) is 3.39. The topological polar surface area (TPSA) is 54.9 Å². The SMILES string of the molecule is CCNC(=NCC1(CCOCC)CC1)NC1CC(C)(C)Oc2ccccc21.I. The van der Waals surface area contributed by atoms with Gasteiger partial charge >= 0.3 is 0 Å². The normalized spacial score (nSPS) is 21.7. The van der Waals surface area contributed by atoms with Crippen LogP contribution >= 0.6 is 24.0 Å². The molecule has 3 rings (SSSR count). The summed E-state index contributed by atoms with van der Waals surface area (Å²) in [5.74, 6) is 1.87. The molecule has 1 aliphatic carbocycles. The van der Waals surface area contributed by atoms with E-state index in [1.165, 1.54) is 18.4 Å². The number of fused-ring (bicyclic) bond motifs is 1. The van der Waals surface area contributed by atoms with Crippen LogP contribution in [0.1, 0.15) is 65.0 Å². The van der Waals surface area contributed by atoms with Gasteiger partial charge in [-0.1, -0.05) is 18.2 Å². The highest BCUT2D eigenvalue weighted by molar-refractivity contribution is 14.0. The van der Waals surface area contributed by atoms with Crippen LogP contribution in [0.15, 0.2) is 29.3 Å². The fourth-order valence-electron chi connectivity index (χ4n) is 3.76. The molecule has 1 atom stereocenters. The molecule has 6 heteroatoms. The standard InChI is InChI=1S/C22H35N3O2.HI/c1-5-23-20(24-16-22(11-12-22)13-14-26-6-2)25-18-15-21(3,4)27-19-10-8-7-9-17(18)19;/h7-10,18H,5-6,11-16H2,1-4H3,(H2,23,24,25);1H. The van der Waals surface area contributed by atoms with Crippen LogP contribution in [0.25, 0.3) is 0 Å². The number of hydrogen-bond donors (Lipinski definition) is 2. The summed E-state index contributed by atoms with van der Waals surface area (Å²) < 4.78 is 11.7. The smallest absolute Gasteiger partial charge is 0.191 e. The predicted octanol–water partition coefficient (Wildman–Crippen LogP) is 4.67. The first-order valence-electron chi connectivity index (χ1n) is 10.4. The minimum Gasteiger partial charge on any atom is -0.487 e. The van der Waals surface area contributed by atoms with E-state index in [9.17, 15) is 0 Å². The summed E-state index contributed by atoms with van der Waals surface area (Å²) >= 11 is 0. The highest BCUT2D eigenvalue weighted by Crippen LogP contribution is 2.49. The van der Waals surface area contributed by atoms with E-state index in [-0.39, 0.29) is 35.6 Å². The number of benzene rings is 1. The van der Waals surface area contributed by atoms with Crippen molar-refractivity contribution < 1.29 is 9.47 Å². The second-order valence-corrected chi connectivity index (χ2v) is 8.44. The van der Waals surface area contributed by atoms with Crippen molar-refractivity contribution in [1.29, 1.82) is 0 Å². The summed E-state index contributed by atoms with van der Waals surface area (Å²) in [4.78, 5) is 4.94. The van der Waals surface area contributed by atoms with Gasteiger partial charge in [-0.2, -0.15) is 0 Å². The molecule has 1 fully saturated rings. The monoisotopic (exact) mass is 501 g/mol. The molecule has 158 valence electrons. The maximum Gasteiger partial charge on any atom is 0.191 e. The lowest BCUT2D eigenvalue weighted by molar-refractivity contribution is 0.0694. The number of aliphatic imine (C=N–C) groups is 1. The van der Waals surface area contributed by atoms with E-state index < -0.39 is 0 Å². The molecule has 1 saturated carbocycles. The molecule has 0 radical (unpaired) electrons. The van der Waals surface area contributed by atoms with Gasteiger partial charge in [-0.3, -0.25) is 4.99 Å². The molecule has 0 amide bonds. The minimum absolute atomic E-state index is 0. The molecular formula is C22H36IN3O2. The third kappa shape index (κ3) is 6.24. The fourth-order valence-corrected chi connectivity index (χ4v) is 3.76. The first kappa shape index (κ1) is 23.3. The zero-order chi connectivity index (χ0) is 19.3. The largest absolute Gasteiger partial charge is 0.487 e. The summed E-state index contributed by atoms with van der Waals surface area (Å²) in [6.45, 7) is 11.8. The van der Waals surface area contributed by atoms with Crippen LogP contribution in [0.4, 0.5) is 0 Å². The summed E-state index contributed by atoms with van der Waals surface area (Å²) in [6, 6.07) is 8.51. The molecule has 1 aromatic rings. The van der Waals surface area contributed by atoms with Gasteiger partial charge in [0.15, 0.2) is 5.96 Å². The van der Waals surface area contributed by atoms with Crippen LogP contribution in [0, 0.1) is 5.41 Å². The van der Waals surface area contributed by atoms with Crippen LogP contribution in [-0.2, 0) is 4.74 Å². The molecule has 0 bridgehead atoms. The molecule has 1 aliphatic heterocycles. The second-order valence-electron chi connectivity index (χ2n) is 8.44. The lowest BCUT2D eigenvalue weighted by Gasteiger charge is -2.38. The van der Waals surface area contributed by atoms with Gasteiger partial charge in [0.25, 0.3) is 0 Å². The maximum absolute atomic E-state index is 6.16. The molecule has 1 heterocycles. The summed E-state index contributed by atoms with van der Waals surface area (Å²) in [6.07, 6.45) is 4.53. The molecular weight excluding hydrogens is 465 g/mol. The van der Waals surface area contributed by atoms with E-state index in [0.29, 0.717) is 5.41 Å². The van der Waals surface area contributed by atoms with Crippen molar-refractivity contribution in [3.05, 3.63) is 29.8 Å². The van der Waals surface area contributed by atoms with Gasteiger partial charge in [-0.15, -0.1) is 24.0 Å². The van der Waals surface area contributed by atoms with Gasteiger partial charge in [-0.25, -0.2) is 0 Å². The zero-order valence-corrected chi connectivity index (χ0v) is 20.0. The van der Waals surface area contributed by atoms with E-state index in [1.807, 2.05) is 6.07 Å². The van der Waals surface area contributed by atoms with E-state index in [2.05, 4.69) is 56.5 Å². The number of para-hydroxylation sites is 1. The van der Waals surface area contributed by atoms with Crippen LogP contribution in [0.3, 0.4) is 0 Å². The number of nitrogens with one attached hydrogen (secondary N) is 2. The van der Waals surface area contributed by atoms with Crippen molar-refractivity contribution in [2.75, 3.05) is 26.3 Å². The Morgan fingerprint density at radius 3 is 2.68 bits per heavy atom. The number of ether oxygens (including phenoxy) is 2. The van der Waals surface area contributed by atoms with Gasteiger partial charge in [0.05, 0.1) is 6.04 Å². The molecule has 28 heavy (non-hydrogen) atoms. The van der Waals surface area contributed by atoms with Gasteiger partial charge in [-0.05, 0) is 58.4 Å². The van der Waals surface area contributed by atoms with E-state index in [4.69, 9.17) is 14.5 Å². The highest BCUT2D eigenvalue weighted by Gasteiger charge is 2.42. The maximum atomic E-state index is 6.16. The van der Waals surface area contributed by atoms with Gasteiger partial charge in [0.2, 0.25) is 0 Å². The summed E-state index contributed by atoms with van der Waals surface area (Å²) in [5.41, 5.74) is 1.36. The lowest BCUT2D eigenvalue weighted by atomic mass is 9.90. The third-order valence-corrected chi connectivity index (χ3v) is 5.54. The number of rotatable bonds is 8. The van der Waals surface area contributed by atoms with Crippen LogP contribution in [-0.4, -0.2) is 37.9 Å². The van der Waals surface area contributed by atoms with Gasteiger partial charge in [0.1, 0.15) is 11.4 Å². The van der Waals surface area contributed by atoms with Crippen LogP contribution < -0.4 is 15.4 Å². The Morgan fingerprint density at radius 2 is 2.00 bits per heavy atom. The Labute approximate surface area is 187 Å². The average molecular weight is 501 g/mol. The van der Waals surface area contributed by atoms with Gasteiger partial charge < -0.3 is 20.1 Å². The van der Waals surface area contributed by atoms with Crippen molar-refractivity contribution in [1.82, 2.24) is 10.6 Å². The van der Waals surface area contributed by atoms with Crippen molar-refractivity contribution in [2.24, 2.45) is 10.4 Å². The Hall–Kier alpha value is -1.02. The molecule has 5 nitrogen and oxygen atoms in total. The molecule has 0 saturated heterocycles. The number of hydrogen-bond acceptors (Lipinski definition) is 3. The molecule has 1 unspecified atom stereocenters. The predicted molar refractivity (Wildman–Crippen MR) is 126 cm³/mol.